The van der Waals surface area contributed by atoms with Crippen LogP contribution < -0.4 is 10.7 Å². The minimum absolute atomic E-state index is 0.0153. The van der Waals surface area contributed by atoms with Gasteiger partial charge in [0.2, 0.25) is 0 Å². The number of quaternary nitrogens is 1. The minimum Gasteiger partial charge on any atom is -0.612 e. The lowest BCUT2D eigenvalue weighted by Gasteiger charge is -2.44. The van der Waals surface area contributed by atoms with Crippen molar-refractivity contribution < 1.29 is 14.6 Å². The number of hydrogen-bond donors (Lipinski definition) is 2. The van der Waals surface area contributed by atoms with Gasteiger partial charge in [0.05, 0.1) is 25.3 Å². The van der Waals surface area contributed by atoms with Crippen molar-refractivity contribution in [3.05, 3.63) is 17.5 Å². The number of ether oxygens (including phenoxy) is 2. The van der Waals surface area contributed by atoms with Gasteiger partial charge in [-0.15, -0.1) is 10.7 Å². The topological polar surface area (TPSA) is 67.7 Å². The zero-order valence-corrected chi connectivity index (χ0v) is 12.4. The van der Waals surface area contributed by atoms with E-state index in [-0.39, 0.29) is 29.5 Å². The monoisotopic (exact) mass is 297 g/mol. The van der Waals surface area contributed by atoms with E-state index in [4.69, 9.17) is 9.47 Å². The van der Waals surface area contributed by atoms with E-state index in [1.807, 2.05) is 10.2 Å². The van der Waals surface area contributed by atoms with Crippen molar-refractivity contribution in [1.29, 1.82) is 0 Å². The van der Waals surface area contributed by atoms with Crippen LogP contribution in [0.1, 0.15) is 12.8 Å². The molecule has 6 unspecified atom stereocenters. The molecule has 1 saturated carbocycles. The molecule has 0 aromatic rings. The average Bonchev–Trinajstić information content (AvgIpc) is 3.07. The molecule has 0 amide bonds. The predicted octanol–water partition coefficient (Wildman–Crippen LogP) is -1.74. The standard InChI is InChI=1S/C13H23N5O3/c1-20-12-6-9-10(7-13(12)21-2)18(19)17-11(9)8-15-4-3-5-16(15)14-17/h3-4,9-14,18H,5-8H2,1-2H3. The molecule has 1 aliphatic carbocycles. The molecule has 3 fully saturated rings. The number of fused-ring (bicyclic) bond motifs is 4. The normalized spacial score (nSPS) is 46.5. The van der Waals surface area contributed by atoms with Gasteiger partial charge in [-0.3, -0.25) is 10.2 Å². The maximum Gasteiger partial charge on any atom is 0.113 e. The zero-order valence-electron chi connectivity index (χ0n) is 12.4. The summed E-state index contributed by atoms with van der Waals surface area (Å²) >= 11 is 0. The fourth-order valence-electron chi connectivity index (χ4n) is 4.27. The van der Waals surface area contributed by atoms with Crippen LogP contribution in [-0.2, 0) is 9.47 Å². The second-order valence-electron chi connectivity index (χ2n) is 6.25. The lowest BCUT2D eigenvalue weighted by molar-refractivity contribution is -0.995. The van der Waals surface area contributed by atoms with E-state index >= 15 is 0 Å². The molecule has 4 rings (SSSR count). The highest BCUT2D eigenvalue weighted by atomic mass is 16.6. The van der Waals surface area contributed by atoms with Crippen LogP contribution in [0.4, 0.5) is 0 Å². The second-order valence-corrected chi connectivity index (χ2v) is 6.25. The molecular formula is C13H23N5O3. The molecule has 3 heterocycles. The summed E-state index contributed by atoms with van der Waals surface area (Å²) in [6.07, 6.45) is 5.90. The van der Waals surface area contributed by atoms with E-state index in [1.165, 1.54) is 0 Å². The van der Waals surface area contributed by atoms with Gasteiger partial charge >= 0.3 is 0 Å². The van der Waals surface area contributed by atoms with Crippen LogP contribution in [0.3, 0.4) is 0 Å². The summed E-state index contributed by atoms with van der Waals surface area (Å²) in [4.78, 5) is 0. The molecule has 0 spiro atoms. The summed E-state index contributed by atoms with van der Waals surface area (Å²) in [5, 5.41) is 18.9. The number of nitrogens with one attached hydrogen (secondary N) is 2. The van der Waals surface area contributed by atoms with Gasteiger partial charge in [-0.2, -0.15) is 0 Å². The van der Waals surface area contributed by atoms with Crippen molar-refractivity contribution in [3.8, 4) is 0 Å². The minimum atomic E-state index is 0.0153. The number of nitrogens with zero attached hydrogens (tertiary/aromatic N) is 3. The van der Waals surface area contributed by atoms with Gasteiger partial charge < -0.3 is 14.7 Å². The van der Waals surface area contributed by atoms with E-state index in [1.54, 1.807) is 14.2 Å². The van der Waals surface area contributed by atoms with Crippen molar-refractivity contribution in [1.82, 2.24) is 20.8 Å². The van der Waals surface area contributed by atoms with Crippen molar-refractivity contribution in [2.45, 2.75) is 37.1 Å². The van der Waals surface area contributed by atoms with Gasteiger partial charge in [0.25, 0.3) is 0 Å². The summed E-state index contributed by atoms with van der Waals surface area (Å²) in [5.74, 6) is 0.331. The first kappa shape index (κ1) is 13.9. The number of hydroxylamine groups is 1. The molecule has 0 aromatic carbocycles. The van der Waals surface area contributed by atoms with Crippen molar-refractivity contribution in [2.75, 3.05) is 27.3 Å². The second kappa shape index (κ2) is 5.17. The number of hydrogen-bond acceptors (Lipinski definition) is 7. The Morgan fingerprint density at radius 1 is 1.24 bits per heavy atom. The Balaban J connectivity index is 1.57. The lowest BCUT2D eigenvalue weighted by atomic mass is 9.78. The van der Waals surface area contributed by atoms with Gasteiger partial charge in [-0.05, 0) is 12.5 Å². The van der Waals surface area contributed by atoms with Gasteiger partial charge in [0, 0.05) is 32.8 Å². The zero-order chi connectivity index (χ0) is 14.6. The third kappa shape index (κ3) is 2.02. The van der Waals surface area contributed by atoms with Crippen LogP contribution in [0.2, 0.25) is 0 Å². The lowest BCUT2D eigenvalue weighted by Crippen LogP contribution is -3.18. The van der Waals surface area contributed by atoms with Crippen LogP contribution in [0.5, 0.6) is 0 Å². The fraction of sp³-hybridized carbons (Fsp3) is 0.846. The van der Waals surface area contributed by atoms with Crippen molar-refractivity contribution >= 4 is 0 Å². The molecule has 2 saturated heterocycles. The van der Waals surface area contributed by atoms with Gasteiger partial charge in [-0.1, -0.05) is 5.12 Å². The van der Waals surface area contributed by atoms with Gasteiger partial charge in [0.15, 0.2) is 0 Å². The maximum atomic E-state index is 12.7. The summed E-state index contributed by atoms with van der Waals surface area (Å²) in [6.45, 7) is 1.65. The summed E-state index contributed by atoms with van der Waals surface area (Å²) in [5.41, 5.74) is 3.25. The van der Waals surface area contributed by atoms with E-state index in [0.29, 0.717) is 5.92 Å². The molecule has 0 aromatic heterocycles. The van der Waals surface area contributed by atoms with Gasteiger partial charge in [0.1, 0.15) is 12.1 Å². The SMILES string of the molecule is COC1CC2C3CN4C=CCN4NN3[NH+]([O-])C2CC1OC. The molecule has 8 heteroatoms. The first-order chi connectivity index (χ1) is 10.2. The molecule has 6 atom stereocenters. The molecule has 21 heavy (non-hydrogen) atoms. The highest BCUT2D eigenvalue weighted by Crippen LogP contribution is 2.35. The third-order valence-corrected chi connectivity index (χ3v) is 5.37. The summed E-state index contributed by atoms with van der Waals surface area (Å²) < 4.78 is 11.1. The molecular weight excluding hydrogens is 274 g/mol. The molecule has 0 bridgehead atoms. The van der Waals surface area contributed by atoms with Crippen LogP contribution in [0.15, 0.2) is 12.3 Å². The molecule has 8 nitrogen and oxygen atoms in total. The van der Waals surface area contributed by atoms with Crippen molar-refractivity contribution in [3.63, 3.8) is 0 Å². The van der Waals surface area contributed by atoms with Crippen LogP contribution in [0, 0.1) is 11.1 Å². The molecule has 3 aliphatic heterocycles. The Kier molecular flexibility index (Phi) is 3.42. The average molecular weight is 297 g/mol. The Labute approximate surface area is 124 Å². The third-order valence-electron chi connectivity index (χ3n) is 5.37. The molecule has 0 radical (unpaired) electrons. The smallest absolute Gasteiger partial charge is 0.113 e. The van der Waals surface area contributed by atoms with Crippen LogP contribution in [0.25, 0.3) is 0 Å². The Morgan fingerprint density at radius 3 is 2.76 bits per heavy atom. The maximum absolute atomic E-state index is 12.7. The highest BCUT2D eigenvalue weighted by molar-refractivity contribution is 5.00. The quantitative estimate of drug-likeness (QED) is 0.586. The van der Waals surface area contributed by atoms with Crippen molar-refractivity contribution in [2.24, 2.45) is 5.92 Å². The number of hydrazine groups is 3. The summed E-state index contributed by atoms with van der Waals surface area (Å²) in [6, 6.07) is 0.251. The highest BCUT2D eigenvalue weighted by Gasteiger charge is 2.56. The number of methoxy groups -OCH3 is 2. The molecule has 2 N–H and O–H groups in total. The summed E-state index contributed by atoms with van der Waals surface area (Å²) in [7, 11) is 3.43. The van der Waals surface area contributed by atoms with E-state index in [2.05, 4.69) is 22.8 Å². The Hall–Kier alpha value is -0.740. The van der Waals surface area contributed by atoms with Crippen LogP contribution >= 0.6 is 0 Å². The first-order valence-corrected chi connectivity index (χ1v) is 7.58. The molecule has 4 aliphatic rings. The number of rotatable bonds is 2. The fourth-order valence-corrected chi connectivity index (χ4v) is 4.27. The van der Waals surface area contributed by atoms with Gasteiger partial charge in [-0.25, -0.2) is 0 Å². The van der Waals surface area contributed by atoms with E-state index in [0.717, 1.165) is 25.9 Å². The molecule has 118 valence electrons. The largest absolute Gasteiger partial charge is 0.612 e. The first-order valence-electron chi connectivity index (χ1n) is 7.58. The van der Waals surface area contributed by atoms with Crippen LogP contribution in [-0.4, -0.2) is 66.8 Å². The van der Waals surface area contributed by atoms with E-state index < -0.39 is 0 Å². The van der Waals surface area contributed by atoms with E-state index in [9.17, 15) is 5.21 Å². The predicted molar refractivity (Wildman–Crippen MR) is 73.8 cm³/mol. The Bertz CT molecular complexity index is 436. The Morgan fingerprint density at radius 2 is 2.00 bits per heavy atom.